The fourth-order valence-corrected chi connectivity index (χ4v) is 10.3. The smallest absolute Gasteiger partial charge is 0.119 e. The Labute approximate surface area is 413 Å². The van der Waals surface area contributed by atoms with E-state index in [-0.39, 0.29) is 44.8 Å². The molecular formula is C63H90O5. The first-order valence-corrected chi connectivity index (χ1v) is 25.1. The monoisotopic (exact) mass is 927 g/mol. The van der Waals surface area contributed by atoms with Crippen molar-refractivity contribution in [2.75, 3.05) is 0 Å². The molecule has 372 valence electrons. The molecule has 5 nitrogen and oxygen atoms in total. The maximum absolute atomic E-state index is 10.9. The molecule has 1 unspecified atom stereocenters. The van der Waals surface area contributed by atoms with E-state index in [0.717, 1.165) is 74.9 Å². The lowest BCUT2D eigenvalue weighted by molar-refractivity contribution is 0.443. The van der Waals surface area contributed by atoms with E-state index in [0.29, 0.717) is 28.7 Å². The second-order valence-corrected chi connectivity index (χ2v) is 25.4. The lowest BCUT2D eigenvalue weighted by atomic mass is 9.74. The maximum atomic E-state index is 10.9. The highest BCUT2D eigenvalue weighted by Crippen LogP contribution is 2.47. The van der Waals surface area contributed by atoms with Crippen LogP contribution in [-0.2, 0) is 27.1 Å². The van der Waals surface area contributed by atoms with Gasteiger partial charge in [0.15, 0.2) is 0 Å². The van der Waals surface area contributed by atoms with E-state index in [4.69, 9.17) is 0 Å². The molecule has 0 saturated carbocycles. The molecule has 0 radical (unpaired) electrons. The van der Waals surface area contributed by atoms with Crippen molar-refractivity contribution in [3.05, 3.63) is 144 Å². The van der Waals surface area contributed by atoms with Crippen LogP contribution < -0.4 is 0 Å². The first-order chi connectivity index (χ1) is 30.9. The van der Waals surface area contributed by atoms with Gasteiger partial charge in [-0.25, -0.2) is 0 Å². The molecule has 5 rings (SSSR count). The average Bonchev–Trinajstić information content (AvgIpc) is 3.14. The average molecular weight is 927 g/mol. The standard InChI is InChI=1S/C37H52O3.C26H38O2/c1-21(25-18-29(35(5,6)7)32(38)15-22(25)2)14-28(26-19-30(36(8,9)10)33(39)16-23(26)3)27-20-31(37(11,12)13)34(40)17-24(27)4;1-10-11-18(19-14-21(25(4,5)6)23(27)12-16(19)2)20-15-22(26(7,8)9)24(28)13-17(20)3/h15-21,28,38-40H,14H2,1-13H3;12-15,18,27-28H,10-11H2,1-9H3. The molecule has 5 N–H and O–H groups in total. The summed E-state index contributed by atoms with van der Waals surface area (Å²) in [6, 6.07) is 20.6. The number of hydrogen-bond donors (Lipinski definition) is 5. The minimum absolute atomic E-state index is 0.0460. The van der Waals surface area contributed by atoms with E-state index >= 15 is 0 Å². The Morgan fingerprint density at radius 2 is 0.544 bits per heavy atom. The third-order valence-corrected chi connectivity index (χ3v) is 14.2. The molecule has 0 spiro atoms. The lowest BCUT2D eigenvalue weighted by Gasteiger charge is -2.31. The van der Waals surface area contributed by atoms with Crippen molar-refractivity contribution in [3.63, 3.8) is 0 Å². The molecule has 0 aromatic heterocycles. The van der Waals surface area contributed by atoms with Crippen LogP contribution in [0.1, 0.15) is 238 Å². The van der Waals surface area contributed by atoms with Crippen LogP contribution in [0.2, 0.25) is 0 Å². The summed E-state index contributed by atoms with van der Waals surface area (Å²) in [5.41, 5.74) is 15.6. The van der Waals surface area contributed by atoms with Gasteiger partial charge >= 0.3 is 0 Å². The Morgan fingerprint density at radius 3 is 0.765 bits per heavy atom. The second kappa shape index (κ2) is 20.2. The molecule has 5 aromatic rings. The number of benzene rings is 5. The normalized spacial score (nSPS) is 13.2. The predicted octanol–water partition coefficient (Wildman–Crippen LogP) is 17.2. The van der Waals surface area contributed by atoms with Crippen LogP contribution in [0, 0.1) is 34.6 Å². The molecule has 0 bridgehead atoms. The first kappa shape index (κ1) is 55.7. The molecule has 0 saturated heterocycles. The summed E-state index contributed by atoms with van der Waals surface area (Å²) in [4.78, 5) is 0. The number of aromatic hydroxyl groups is 5. The van der Waals surface area contributed by atoms with Crippen LogP contribution in [0.3, 0.4) is 0 Å². The molecule has 0 aliphatic rings. The first-order valence-electron chi connectivity index (χ1n) is 25.1. The van der Waals surface area contributed by atoms with E-state index < -0.39 is 0 Å². The van der Waals surface area contributed by atoms with Crippen LogP contribution in [0.4, 0.5) is 0 Å². The summed E-state index contributed by atoms with van der Waals surface area (Å²) in [6.07, 6.45) is 2.95. The quantitative estimate of drug-likeness (QED) is 0.101. The van der Waals surface area contributed by atoms with Crippen molar-refractivity contribution >= 4 is 0 Å². The lowest BCUT2D eigenvalue weighted by Crippen LogP contribution is -2.17. The highest BCUT2D eigenvalue weighted by molar-refractivity contribution is 5.55. The van der Waals surface area contributed by atoms with Crippen LogP contribution >= 0.6 is 0 Å². The highest BCUT2D eigenvalue weighted by Gasteiger charge is 2.31. The third-order valence-electron chi connectivity index (χ3n) is 14.2. The zero-order valence-electron chi connectivity index (χ0n) is 46.4. The van der Waals surface area contributed by atoms with Crippen molar-refractivity contribution in [3.8, 4) is 28.7 Å². The second-order valence-electron chi connectivity index (χ2n) is 25.4. The predicted molar refractivity (Wildman–Crippen MR) is 289 cm³/mol. The van der Waals surface area contributed by atoms with Gasteiger partial charge < -0.3 is 25.5 Å². The van der Waals surface area contributed by atoms with E-state index in [9.17, 15) is 25.5 Å². The minimum Gasteiger partial charge on any atom is -0.508 e. The molecule has 0 aliphatic heterocycles. The Kier molecular flexibility index (Phi) is 16.6. The van der Waals surface area contributed by atoms with Gasteiger partial charge in [0.25, 0.3) is 0 Å². The number of rotatable bonds is 9. The number of aryl methyl sites for hydroxylation is 5. The molecule has 0 aliphatic carbocycles. The van der Waals surface area contributed by atoms with Crippen molar-refractivity contribution in [1.82, 2.24) is 0 Å². The molecule has 5 heteroatoms. The topological polar surface area (TPSA) is 101 Å². The summed E-state index contributed by atoms with van der Waals surface area (Å²) < 4.78 is 0. The van der Waals surface area contributed by atoms with Gasteiger partial charge in [0.05, 0.1) is 0 Å². The van der Waals surface area contributed by atoms with E-state index in [2.05, 4.69) is 183 Å². The van der Waals surface area contributed by atoms with Crippen LogP contribution in [0.5, 0.6) is 28.7 Å². The Hall–Kier alpha value is -4.90. The molecular weight excluding hydrogens is 837 g/mol. The van der Waals surface area contributed by atoms with Crippen LogP contribution in [-0.4, -0.2) is 25.5 Å². The van der Waals surface area contributed by atoms with Crippen molar-refractivity contribution in [2.24, 2.45) is 0 Å². The Bertz CT molecular complexity index is 2450. The maximum Gasteiger partial charge on any atom is 0.119 e. The zero-order chi connectivity index (χ0) is 52.0. The van der Waals surface area contributed by atoms with Gasteiger partial charge in [0, 0.05) is 11.8 Å². The van der Waals surface area contributed by atoms with Gasteiger partial charge in [0.1, 0.15) is 28.7 Å². The summed E-state index contributed by atoms with van der Waals surface area (Å²) >= 11 is 0. The fraction of sp³-hybridized carbons (Fsp3) is 0.524. The van der Waals surface area contributed by atoms with E-state index in [1.165, 1.54) is 27.8 Å². The van der Waals surface area contributed by atoms with Gasteiger partial charge in [-0.05, 0) is 194 Å². The van der Waals surface area contributed by atoms with Gasteiger partial charge in [-0.15, -0.1) is 0 Å². The molecule has 0 fully saturated rings. The number of hydrogen-bond acceptors (Lipinski definition) is 5. The van der Waals surface area contributed by atoms with Crippen LogP contribution in [0.25, 0.3) is 0 Å². The Morgan fingerprint density at radius 1 is 0.338 bits per heavy atom. The molecule has 0 heterocycles. The Balaban J connectivity index is 0.000000316. The molecule has 68 heavy (non-hydrogen) atoms. The van der Waals surface area contributed by atoms with Gasteiger partial charge in [-0.1, -0.05) is 154 Å². The minimum atomic E-state index is -0.210. The summed E-state index contributed by atoms with van der Waals surface area (Å²) in [5.74, 6) is 2.27. The molecule has 5 aromatic carbocycles. The van der Waals surface area contributed by atoms with Crippen molar-refractivity contribution in [2.45, 2.75) is 216 Å². The number of phenols is 5. The van der Waals surface area contributed by atoms with Gasteiger partial charge in [0.2, 0.25) is 0 Å². The largest absolute Gasteiger partial charge is 0.508 e. The van der Waals surface area contributed by atoms with Gasteiger partial charge in [-0.2, -0.15) is 0 Å². The van der Waals surface area contributed by atoms with Crippen LogP contribution in [0.15, 0.2) is 60.7 Å². The number of phenolic OH excluding ortho intramolecular Hbond substituents is 5. The fourth-order valence-electron chi connectivity index (χ4n) is 10.3. The molecule has 0 amide bonds. The van der Waals surface area contributed by atoms with Gasteiger partial charge in [-0.3, -0.25) is 0 Å². The third kappa shape index (κ3) is 12.6. The summed E-state index contributed by atoms with van der Waals surface area (Å²) in [7, 11) is 0. The van der Waals surface area contributed by atoms with Crippen molar-refractivity contribution in [1.29, 1.82) is 0 Å². The SMILES string of the molecule is CCCC(c1cc(C(C)(C)C)c(O)cc1C)c1cc(C(C)(C)C)c(O)cc1C.Cc1cc(O)c(C(C)(C)C)cc1C(C)CC(c1cc(C(C)(C)C)c(O)cc1C)c1cc(C(C)(C)C)c(O)cc1C. The zero-order valence-corrected chi connectivity index (χ0v) is 46.4. The highest BCUT2D eigenvalue weighted by atomic mass is 16.3. The van der Waals surface area contributed by atoms with E-state index in [1.807, 2.05) is 30.3 Å². The summed E-state index contributed by atoms with van der Waals surface area (Å²) in [6.45, 7) is 47.0. The van der Waals surface area contributed by atoms with E-state index in [1.54, 1.807) is 0 Å². The summed E-state index contributed by atoms with van der Waals surface area (Å²) in [5, 5.41) is 53.7. The van der Waals surface area contributed by atoms with Crippen molar-refractivity contribution < 1.29 is 25.5 Å². The molecule has 1 atom stereocenters.